The minimum atomic E-state index is -3.52. The first-order valence-electron chi connectivity index (χ1n) is 11.3. The molecule has 0 amide bonds. The summed E-state index contributed by atoms with van der Waals surface area (Å²) in [4.78, 5) is 12.9. The average Bonchev–Trinajstić information content (AvgIpc) is 2.83. The molecule has 5 rings (SSSR count). The van der Waals surface area contributed by atoms with Crippen molar-refractivity contribution < 1.29 is 13.2 Å². The van der Waals surface area contributed by atoms with E-state index in [1.165, 1.54) is 12.1 Å². The number of fused-ring (bicyclic) bond motifs is 3. The van der Waals surface area contributed by atoms with E-state index in [0.717, 1.165) is 43.1 Å². The molecule has 170 valence electrons. The van der Waals surface area contributed by atoms with Crippen LogP contribution in [0.1, 0.15) is 43.2 Å². The molecule has 2 heterocycles. The second-order valence-corrected chi connectivity index (χ2v) is 11.2. The first-order valence-corrected chi connectivity index (χ1v) is 13.2. The number of sulfone groups is 1. The summed E-state index contributed by atoms with van der Waals surface area (Å²) in [5.41, 5.74) is 2.60. The average molecular weight is 462 g/mol. The van der Waals surface area contributed by atoms with Crippen LogP contribution < -0.4 is 5.32 Å². The molecule has 0 unspecified atom stereocenters. The van der Waals surface area contributed by atoms with Crippen molar-refractivity contribution in [1.29, 1.82) is 10.5 Å². The maximum atomic E-state index is 12.9. The van der Waals surface area contributed by atoms with Gasteiger partial charge in [-0.1, -0.05) is 30.3 Å². The number of carbonyl (C=O) groups is 1. The van der Waals surface area contributed by atoms with Crippen molar-refractivity contribution in [1.82, 2.24) is 5.32 Å². The zero-order valence-electron chi connectivity index (χ0n) is 18.6. The van der Waals surface area contributed by atoms with Crippen molar-refractivity contribution in [3.63, 3.8) is 0 Å². The summed E-state index contributed by atoms with van der Waals surface area (Å²) in [7, 11) is -3.52. The molecule has 0 aromatic heterocycles. The Morgan fingerprint density at radius 1 is 1.06 bits per heavy atom. The van der Waals surface area contributed by atoms with Gasteiger partial charge in [0.1, 0.15) is 6.07 Å². The number of hydrogen-bond acceptors (Lipinski definition) is 6. The van der Waals surface area contributed by atoms with Gasteiger partial charge in [-0.15, -0.1) is 0 Å². The van der Waals surface area contributed by atoms with E-state index in [1.54, 1.807) is 6.07 Å². The Balaban J connectivity index is 1.44. The minimum Gasteiger partial charge on any atom is -0.304 e. The van der Waals surface area contributed by atoms with Crippen LogP contribution in [0.3, 0.4) is 0 Å². The van der Waals surface area contributed by atoms with Crippen molar-refractivity contribution in [3.05, 3.63) is 53.6 Å². The monoisotopic (exact) mass is 461 g/mol. The maximum Gasteiger partial charge on any atom is 0.176 e. The van der Waals surface area contributed by atoms with Gasteiger partial charge in [-0.05, 0) is 66.8 Å². The van der Waals surface area contributed by atoms with E-state index >= 15 is 0 Å². The van der Waals surface area contributed by atoms with Crippen molar-refractivity contribution in [2.24, 2.45) is 11.8 Å². The quantitative estimate of drug-likeness (QED) is 0.671. The number of nitrogens with one attached hydrogen (secondary N) is 1. The predicted molar refractivity (Wildman–Crippen MR) is 125 cm³/mol. The third kappa shape index (κ3) is 5.16. The number of benzene rings is 2. The van der Waals surface area contributed by atoms with Crippen LogP contribution in [0, 0.1) is 34.5 Å². The first kappa shape index (κ1) is 23.2. The highest BCUT2D eigenvalue weighted by atomic mass is 32.2. The van der Waals surface area contributed by atoms with Gasteiger partial charge in [0.05, 0.1) is 28.5 Å². The number of piperidine rings is 2. The summed E-state index contributed by atoms with van der Waals surface area (Å²) in [5, 5.41) is 22.3. The summed E-state index contributed by atoms with van der Waals surface area (Å²) in [6.45, 7) is 0. The molecule has 2 atom stereocenters. The molecule has 3 aliphatic rings. The van der Waals surface area contributed by atoms with E-state index < -0.39 is 9.84 Å². The smallest absolute Gasteiger partial charge is 0.176 e. The van der Waals surface area contributed by atoms with E-state index in [2.05, 4.69) is 11.4 Å². The van der Waals surface area contributed by atoms with Crippen LogP contribution in [-0.2, 0) is 21.1 Å². The Kier molecular flexibility index (Phi) is 6.65. The largest absolute Gasteiger partial charge is 0.304 e. The molecule has 2 aromatic carbocycles. The van der Waals surface area contributed by atoms with Crippen LogP contribution in [0.2, 0.25) is 0 Å². The van der Waals surface area contributed by atoms with Gasteiger partial charge in [0.15, 0.2) is 15.6 Å². The van der Waals surface area contributed by atoms with E-state index in [0.29, 0.717) is 23.9 Å². The van der Waals surface area contributed by atoms with Crippen LogP contribution in [0.25, 0.3) is 11.1 Å². The van der Waals surface area contributed by atoms with E-state index in [1.807, 2.05) is 30.3 Å². The Bertz CT molecular complexity index is 1230. The molecular weight excluding hydrogens is 434 g/mol. The van der Waals surface area contributed by atoms with Gasteiger partial charge in [0.2, 0.25) is 0 Å². The zero-order valence-corrected chi connectivity index (χ0v) is 19.4. The van der Waals surface area contributed by atoms with Crippen LogP contribution in [0.15, 0.2) is 47.4 Å². The van der Waals surface area contributed by atoms with Crippen LogP contribution >= 0.6 is 0 Å². The second kappa shape index (κ2) is 9.47. The van der Waals surface area contributed by atoms with Crippen molar-refractivity contribution in [2.75, 3.05) is 6.26 Å². The molecule has 0 spiro atoms. The first-order chi connectivity index (χ1) is 15.8. The normalized spacial score (nSPS) is 22.8. The van der Waals surface area contributed by atoms with Gasteiger partial charge >= 0.3 is 0 Å². The number of nitrogens with zero attached hydrogens (tertiary/aromatic N) is 2. The minimum absolute atomic E-state index is 0.0136. The molecule has 1 aliphatic carbocycles. The van der Waals surface area contributed by atoms with Gasteiger partial charge in [-0.25, -0.2) is 8.42 Å². The number of ketones is 1. The summed E-state index contributed by atoms with van der Waals surface area (Å²) in [6, 6.07) is 16.9. The van der Waals surface area contributed by atoms with Crippen LogP contribution in [0.5, 0.6) is 0 Å². The number of hydrogen-bond donors (Lipinski definition) is 1. The van der Waals surface area contributed by atoms with Crippen molar-refractivity contribution in [2.45, 2.75) is 55.5 Å². The third-order valence-electron chi connectivity index (χ3n) is 6.91. The van der Waals surface area contributed by atoms with Crippen LogP contribution in [0.4, 0.5) is 0 Å². The standard InChI is InChI=1S/C26H27N3O3S/c1-33(31,32)25-14-21(6-7-22(25)16-28)19-4-2-17(3-5-19)12-18(15-27)13-24(30)26-20-8-10-23(29-26)11-9-20/h2-7,14,18,20,23,26,29H,8-13H2,1H3/t18-,20?,23?,26+/m1/s1. The maximum absolute atomic E-state index is 12.9. The summed E-state index contributed by atoms with van der Waals surface area (Å²) >= 11 is 0. The third-order valence-corrected chi connectivity index (χ3v) is 8.04. The molecule has 2 aliphatic heterocycles. The van der Waals surface area contributed by atoms with Crippen LogP contribution in [-0.4, -0.2) is 32.5 Å². The molecule has 1 saturated carbocycles. The lowest BCUT2D eigenvalue weighted by molar-refractivity contribution is -0.125. The van der Waals surface area contributed by atoms with Gasteiger partial charge < -0.3 is 5.32 Å². The Morgan fingerprint density at radius 2 is 1.73 bits per heavy atom. The fraction of sp³-hybridized carbons (Fsp3) is 0.423. The molecule has 33 heavy (non-hydrogen) atoms. The Hall–Kier alpha value is -3.00. The molecule has 3 fully saturated rings. The lowest BCUT2D eigenvalue weighted by Gasteiger charge is -2.43. The van der Waals surface area contributed by atoms with Gasteiger partial charge in [-0.3, -0.25) is 4.79 Å². The molecule has 2 bridgehead atoms. The summed E-state index contributed by atoms with van der Waals surface area (Å²) in [6.07, 6.45) is 6.33. The molecule has 7 heteroatoms. The molecule has 2 aromatic rings. The van der Waals surface area contributed by atoms with E-state index in [4.69, 9.17) is 0 Å². The predicted octanol–water partition coefficient (Wildman–Crippen LogP) is 3.80. The molecule has 6 nitrogen and oxygen atoms in total. The molecule has 2 saturated heterocycles. The number of Topliss-reactive ketones (excluding diaryl/α,β-unsaturated/α-hetero) is 1. The highest BCUT2D eigenvalue weighted by Gasteiger charge is 2.39. The van der Waals surface area contributed by atoms with Gasteiger partial charge in [-0.2, -0.15) is 10.5 Å². The summed E-state index contributed by atoms with van der Waals surface area (Å²) < 4.78 is 24.1. The Labute approximate surface area is 195 Å². The SMILES string of the molecule is CS(=O)(=O)c1cc(-c2ccc(C[C@@H](C#N)CC(=O)[C@H]3NC4CCC3CC4)cc2)ccc1C#N. The van der Waals surface area contributed by atoms with Gasteiger partial charge in [0, 0.05) is 18.7 Å². The van der Waals surface area contributed by atoms with Gasteiger partial charge in [0.25, 0.3) is 0 Å². The second-order valence-electron chi connectivity index (χ2n) is 9.25. The lowest BCUT2D eigenvalue weighted by Crippen LogP contribution is -2.56. The molecular formula is C26H27N3O3S. The van der Waals surface area contributed by atoms with E-state index in [9.17, 15) is 23.7 Å². The zero-order chi connectivity index (χ0) is 23.6. The Morgan fingerprint density at radius 3 is 2.27 bits per heavy atom. The fourth-order valence-corrected chi connectivity index (χ4v) is 5.97. The topological polar surface area (TPSA) is 111 Å². The van der Waals surface area contributed by atoms with Crippen molar-refractivity contribution >= 4 is 15.6 Å². The molecule has 0 radical (unpaired) electrons. The number of rotatable bonds is 7. The van der Waals surface area contributed by atoms with Crippen molar-refractivity contribution in [3.8, 4) is 23.3 Å². The highest BCUT2D eigenvalue weighted by molar-refractivity contribution is 7.90. The van der Waals surface area contributed by atoms with E-state index in [-0.39, 0.29) is 34.6 Å². The number of carbonyl (C=O) groups excluding carboxylic acids is 1. The highest BCUT2D eigenvalue weighted by Crippen LogP contribution is 2.34. The molecule has 1 N–H and O–H groups in total. The number of nitriles is 2. The summed E-state index contributed by atoms with van der Waals surface area (Å²) in [5.74, 6) is 0.182. The fourth-order valence-electron chi connectivity index (χ4n) is 5.12. The lowest BCUT2D eigenvalue weighted by atomic mass is 9.74.